The molecular formula is C18H15ClN2O3S. The molecule has 2 heterocycles. The van der Waals surface area contributed by atoms with Gasteiger partial charge in [0, 0.05) is 27.5 Å². The minimum absolute atomic E-state index is 0.254. The number of hydrogen-bond donors (Lipinski definition) is 0. The molecule has 1 aliphatic rings. The van der Waals surface area contributed by atoms with Crippen molar-refractivity contribution in [2.24, 2.45) is 0 Å². The van der Waals surface area contributed by atoms with Gasteiger partial charge in [-0.15, -0.1) is 10.2 Å². The molecule has 128 valence electrons. The van der Waals surface area contributed by atoms with Gasteiger partial charge in [-0.1, -0.05) is 41.6 Å². The summed E-state index contributed by atoms with van der Waals surface area (Å²) in [5.41, 5.74) is 3.99. The summed E-state index contributed by atoms with van der Waals surface area (Å²) in [6.07, 6.45) is 0. The lowest BCUT2D eigenvalue weighted by Crippen LogP contribution is -2.12. The number of hydrogen-bond acceptors (Lipinski definition) is 6. The summed E-state index contributed by atoms with van der Waals surface area (Å²) in [5, 5.41) is 9.46. The Morgan fingerprint density at radius 3 is 2.96 bits per heavy atom. The zero-order valence-corrected chi connectivity index (χ0v) is 15.1. The first-order chi connectivity index (χ1) is 12.2. The summed E-state index contributed by atoms with van der Waals surface area (Å²) >= 11 is 7.65. The second kappa shape index (κ2) is 7.07. The highest BCUT2D eigenvalue weighted by Gasteiger charge is 2.18. The quantitative estimate of drug-likeness (QED) is 0.608. The van der Waals surface area contributed by atoms with Gasteiger partial charge < -0.3 is 13.9 Å². The van der Waals surface area contributed by atoms with E-state index in [1.54, 1.807) is 0 Å². The molecule has 7 heteroatoms. The molecule has 0 N–H and O–H groups in total. The van der Waals surface area contributed by atoms with Gasteiger partial charge in [0.15, 0.2) is 6.79 Å². The fourth-order valence-electron chi connectivity index (χ4n) is 2.69. The maximum atomic E-state index is 6.19. The van der Waals surface area contributed by atoms with Crippen molar-refractivity contribution in [2.45, 2.75) is 24.5 Å². The molecule has 5 nitrogen and oxygen atoms in total. The zero-order valence-electron chi connectivity index (χ0n) is 13.5. The van der Waals surface area contributed by atoms with Crippen molar-refractivity contribution >= 4 is 23.4 Å². The van der Waals surface area contributed by atoms with Crippen LogP contribution >= 0.6 is 23.4 Å². The Balaban J connectivity index is 1.53. The van der Waals surface area contributed by atoms with Crippen molar-refractivity contribution in [3.05, 3.63) is 58.1 Å². The van der Waals surface area contributed by atoms with Crippen LogP contribution in [0.5, 0.6) is 5.75 Å². The molecular weight excluding hydrogens is 360 g/mol. The number of aryl methyl sites for hydroxylation is 1. The van der Waals surface area contributed by atoms with Crippen LogP contribution < -0.4 is 4.74 Å². The Kier molecular flexibility index (Phi) is 4.65. The Labute approximate surface area is 154 Å². The smallest absolute Gasteiger partial charge is 0.277 e. The van der Waals surface area contributed by atoms with E-state index in [1.165, 1.54) is 11.8 Å². The van der Waals surface area contributed by atoms with Gasteiger partial charge in [-0.25, -0.2) is 0 Å². The molecule has 25 heavy (non-hydrogen) atoms. The average Bonchev–Trinajstić information content (AvgIpc) is 3.08. The largest absolute Gasteiger partial charge is 0.467 e. The summed E-state index contributed by atoms with van der Waals surface area (Å²) in [6, 6.07) is 11.7. The maximum absolute atomic E-state index is 6.19. The highest BCUT2D eigenvalue weighted by atomic mass is 35.5. The fraction of sp³-hybridized carbons (Fsp3) is 0.222. The second-order valence-electron chi connectivity index (χ2n) is 5.64. The van der Waals surface area contributed by atoms with E-state index < -0.39 is 0 Å². The molecule has 0 amide bonds. The van der Waals surface area contributed by atoms with Crippen LogP contribution in [-0.4, -0.2) is 17.0 Å². The molecule has 0 saturated heterocycles. The van der Waals surface area contributed by atoms with E-state index in [1.807, 2.05) is 43.3 Å². The van der Waals surface area contributed by atoms with Crippen LogP contribution in [0.1, 0.15) is 16.7 Å². The molecule has 3 aromatic rings. The number of ether oxygens (including phenoxy) is 2. The van der Waals surface area contributed by atoms with Gasteiger partial charge in [0.2, 0.25) is 5.89 Å². The van der Waals surface area contributed by atoms with Crippen LogP contribution in [0.3, 0.4) is 0 Å². The predicted molar refractivity (Wildman–Crippen MR) is 95.8 cm³/mol. The topological polar surface area (TPSA) is 57.4 Å². The number of fused-ring (bicyclic) bond motifs is 1. The van der Waals surface area contributed by atoms with E-state index >= 15 is 0 Å². The summed E-state index contributed by atoms with van der Waals surface area (Å²) in [5.74, 6) is 1.98. The van der Waals surface area contributed by atoms with Gasteiger partial charge in [0.1, 0.15) is 5.75 Å². The molecule has 0 aliphatic carbocycles. The lowest BCUT2D eigenvalue weighted by atomic mass is 10.1. The van der Waals surface area contributed by atoms with Gasteiger partial charge in [-0.3, -0.25) is 0 Å². The van der Waals surface area contributed by atoms with Crippen LogP contribution in [-0.2, 0) is 17.1 Å². The molecule has 4 rings (SSSR count). The third kappa shape index (κ3) is 3.51. The van der Waals surface area contributed by atoms with Crippen LogP contribution in [0.2, 0.25) is 5.02 Å². The minimum atomic E-state index is 0.254. The Hall–Kier alpha value is -2.02. The third-order valence-corrected chi connectivity index (χ3v) is 4.97. The van der Waals surface area contributed by atoms with E-state index in [0.717, 1.165) is 28.0 Å². The van der Waals surface area contributed by atoms with Gasteiger partial charge in [-0.2, -0.15) is 0 Å². The third-order valence-electron chi connectivity index (χ3n) is 3.88. The highest BCUT2D eigenvalue weighted by molar-refractivity contribution is 7.98. The summed E-state index contributed by atoms with van der Waals surface area (Å²) in [6.45, 7) is 2.78. The van der Waals surface area contributed by atoms with Crippen LogP contribution in [0.15, 0.2) is 46.0 Å². The number of thioether (sulfide) groups is 1. The first-order valence-electron chi connectivity index (χ1n) is 7.75. The van der Waals surface area contributed by atoms with E-state index in [2.05, 4.69) is 10.2 Å². The molecule has 0 atom stereocenters. The Bertz CT molecular complexity index is 913. The summed E-state index contributed by atoms with van der Waals surface area (Å²) < 4.78 is 16.7. The van der Waals surface area contributed by atoms with Gasteiger partial charge >= 0.3 is 0 Å². The van der Waals surface area contributed by atoms with E-state index in [0.29, 0.717) is 28.5 Å². The first-order valence-corrected chi connectivity index (χ1v) is 9.11. The standard InChI is InChI=1S/C18H15ClN2O3S/c1-11-4-2-3-5-15(11)17-20-21-18(24-17)25-9-13-7-14(19)6-12-8-22-10-23-16(12)13/h2-7H,8-10H2,1H3. The van der Waals surface area contributed by atoms with Crippen LogP contribution in [0, 0.1) is 6.92 Å². The fourth-order valence-corrected chi connectivity index (χ4v) is 3.69. The van der Waals surface area contributed by atoms with Crippen molar-refractivity contribution in [1.82, 2.24) is 10.2 Å². The monoisotopic (exact) mass is 374 g/mol. The second-order valence-corrected chi connectivity index (χ2v) is 7.00. The molecule has 0 spiro atoms. The van der Waals surface area contributed by atoms with E-state index in [9.17, 15) is 0 Å². The molecule has 1 aromatic heterocycles. The van der Waals surface area contributed by atoms with Crippen LogP contribution in [0.4, 0.5) is 0 Å². The van der Waals surface area contributed by atoms with Crippen molar-refractivity contribution in [2.75, 3.05) is 6.79 Å². The summed E-state index contributed by atoms with van der Waals surface area (Å²) in [7, 11) is 0. The number of rotatable bonds is 4. The molecule has 2 aromatic carbocycles. The zero-order chi connectivity index (χ0) is 17.2. The highest BCUT2D eigenvalue weighted by Crippen LogP contribution is 2.35. The van der Waals surface area contributed by atoms with Crippen molar-refractivity contribution in [3.63, 3.8) is 0 Å². The number of nitrogens with zero attached hydrogens (tertiary/aromatic N) is 2. The van der Waals surface area contributed by atoms with Crippen LogP contribution in [0.25, 0.3) is 11.5 Å². The van der Waals surface area contributed by atoms with Crippen molar-refractivity contribution in [3.8, 4) is 17.2 Å². The lowest BCUT2D eigenvalue weighted by molar-refractivity contribution is -0.0168. The molecule has 0 saturated carbocycles. The van der Waals surface area contributed by atoms with Gasteiger partial charge in [-0.05, 0) is 30.7 Å². The average molecular weight is 375 g/mol. The van der Waals surface area contributed by atoms with Crippen molar-refractivity contribution in [1.29, 1.82) is 0 Å². The Morgan fingerprint density at radius 1 is 1.20 bits per heavy atom. The minimum Gasteiger partial charge on any atom is -0.467 e. The first kappa shape index (κ1) is 16.4. The molecule has 0 radical (unpaired) electrons. The van der Waals surface area contributed by atoms with Gasteiger partial charge in [0.25, 0.3) is 5.22 Å². The number of benzene rings is 2. The van der Waals surface area contributed by atoms with E-state index in [4.69, 9.17) is 25.5 Å². The normalized spacial score (nSPS) is 13.4. The summed E-state index contributed by atoms with van der Waals surface area (Å²) in [4.78, 5) is 0. The molecule has 0 bridgehead atoms. The predicted octanol–water partition coefficient (Wildman–Crippen LogP) is 4.86. The number of halogens is 1. The van der Waals surface area contributed by atoms with Crippen molar-refractivity contribution < 1.29 is 13.9 Å². The lowest BCUT2D eigenvalue weighted by Gasteiger charge is -2.20. The molecule has 1 aliphatic heterocycles. The Morgan fingerprint density at radius 2 is 2.08 bits per heavy atom. The molecule has 0 unspecified atom stereocenters. The maximum Gasteiger partial charge on any atom is 0.277 e. The van der Waals surface area contributed by atoms with Gasteiger partial charge in [0.05, 0.1) is 6.61 Å². The number of aromatic nitrogens is 2. The van der Waals surface area contributed by atoms with E-state index in [-0.39, 0.29) is 6.79 Å². The SMILES string of the molecule is Cc1ccccc1-c1nnc(SCc2cc(Cl)cc3c2OCOC3)o1. The molecule has 0 fully saturated rings.